The second-order valence-electron chi connectivity index (χ2n) is 3.44. The van der Waals surface area contributed by atoms with E-state index in [1.165, 1.54) is 11.1 Å². The first-order valence-electron chi connectivity index (χ1n) is 4.25. The average molecular weight is 244 g/mol. The number of aromatic hydroxyl groups is 1. The topological polar surface area (TPSA) is 23.5 Å². The van der Waals surface area contributed by atoms with Gasteiger partial charge in [0.2, 0.25) is 0 Å². The van der Waals surface area contributed by atoms with Gasteiger partial charge in [-0.1, -0.05) is 6.07 Å². The maximum atomic E-state index is 9.24. The maximum absolute atomic E-state index is 9.24. The van der Waals surface area contributed by atoms with Crippen LogP contribution in [0.2, 0.25) is 0 Å². The smallest absolute Gasteiger partial charge is 0.115 e. The van der Waals surface area contributed by atoms with E-state index in [-0.39, 0.29) is 17.0 Å². The summed E-state index contributed by atoms with van der Waals surface area (Å²) in [5.41, 5.74) is 2.65. The van der Waals surface area contributed by atoms with Gasteiger partial charge in [-0.25, -0.2) is 0 Å². The van der Waals surface area contributed by atoms with Crippen LogP contribution in [0.5, 0.6) is 5.75 Å². The van der Waals surface area contributed by atoms with Crippen molar-refractivity contribution < 1.29 is 5.11 Å². The largest absolute Gasteiger partial charge is 0.508 e. The highest BCUT2D eigenvalue weighted by Crippen LogP contribution is 2.21. The lowest BCUT2D eigenvalue weighted by Crippen LogP contribution is -2.26. The Morgan fingerprint density at radius 3 is 2.85 bits per heavy atom. The van der Waals surface area contributed by atoms with Crippen molar-refractivity contribution in [1.82, 2.24) is 4.90 Å². The Morgan fingerprint density at radius 2 is 2.08 bits per heavy atom. The monoisotopic (exact) mass is 243 g/mol. The maximum Gasteiger partial charge on any atom is 0.115 e. The van der Waals surface area contributed by atoms with Crippen LogP contribution < -0.4 is 0 Å². The second kappa shape index (κ2) is 4.11. The molecule has 1 aromatic carbocycles. The second-order valence-corrected chi connectivity index (χ2v) is 3.44. The summed E-state index contributed by atoms with van der Waals surface area (Å²) in [6.45, 7) is 2.10. The number of hydrogen-bond donors (Lipinski definition) is 1. The number of rotatable bonds is 0. The quantitative estimate of drug-likeness (QED) is 0.754. The molecule has 1 aromatic rings. The standard InChI is InChI=1S/C10H13NO.BrH/c1-11-5-4-8-6-10(12)3-2-9(8)7-11;/h2-3,6,12H,4-5,7H2,1H3;1H. The van der Waals surface area contributed by atoms with E-state index in [2.05, 4.69) is 11.9 Å². The minimum absolute atomic E-state index is 0. The molecule has 0 bridgehead atoms. The highest BCUT2D eigenvalue weighted by atomic mass is 79.9. The molecule has 0 aliphatic carbocycles. The van der Waals surface area contributed by atoms with E-state index in [1.54, 1.807) is 6.07 Å². The summed E-state index contributed by atoms with van der Waals surface area (Å²) in [6, 6.07) is 5.65. The van der Waals surface area contributed by atoms with Gasteiger partial charge in [0.05, 0.1) is 0 Å². The van der Waals surface area contributed by atoms with Crippen molar-refractivity contribution in [2.45, 2.75) is 13.0 Å². The molecule has 0 radical (unpaired) electrons. The number of fused-ring (bicyclic) bond motifs is 1. The fraction of sp³-hybridized carbons (Fsp3) is 0.400. The van der Waals surface area contributed by atoms with Crippen LogP contribution in [0, 0.1) is 0 Å². The Labute approximate surface area is 89.0 Å². The predicted octanol–water partition coefficient (Wildman–Crippen LogP) is 1.96. The first-order chi connectivity index (χ1) is 5.75. The van der Waals surface area contributed by atoms with E-state index in [0.29, 0.717) is 5.75 Å². The van der Waals surface area contributed by atoms with E-state index in [0.717, 1.165) is 19.5 Å². The van der Waals surface area contributed by atoms with Crippen LogP contribution in [0.1, 0.15) is 11.1 Å². The van der Waals surface area contributed by atoms with Crippen LogP contribution in [0.4, 0.5) is 0 Å². The number of halogens is 1. The van der Waals surface area contributed by atoms with Crippen LogP contribution in [0.25, 0.3) is 0 Å². The van der Waals surface area contributed by atoms with Gasteiger partial charge in [-0.2, -0.15) is 0 Å². The van der Waals surface area contributed by atoms with Crippen molar-refractivity contribution in [3.8, 4) is 5.75 Å². The lowest BCUT2D eigenvalue weighted by atomic mass is 10.00. The molecule has 0 saturated carbocycles. The molecule has 1 N–H and O–H groups in total. The highest BCUT2D eigenvalue weighted by molar-refractivity contribution is 8.93. The molecule has 13 heavy (non-hydrogen) atoms. The molecule has 0 aromatic heterocycles. The number of nitrogens with zero attached hydrogens (tertiary/aromatic N) is 1. The van der Waals surface area contributed by atoms with Gasteiger partial charge >= 0.3 is 0 Å². The third-order valence-electron chi connectivity index (χ3n) is 2.39. The molecule has 1 aliphatic heterocycles. The number of hydrogen-bond acceptors (Lipinski definition) is 2. The lowest BCUT2D eigenvalue weighted by molar-refractivity contribution is 0.312. The molecule has 0 fully saturated rings. The number of benzene rings is 1. The van der Waals surface area contributed by atoms with Crippen LogP contribution in [0.3, 0.4) is 0 Å². The first kappa shape index (κ1) is 10.5. The molecule has 0 unspecified atom stereocenters. The molecule has 0 amide bonds. The third-order valence-corrected chi connectivity index (χ3v) is 2.39. The molecule has 0 spiro atoms. The van der Waals surface area contributed by atoms with Gasteiger partial charge < -0.3 is 10.0 Å². The molecular weight excluding hydrogens is 230 g/mol. The molecule has 1 aliphatic rings. The van der Waals surface area contributed by atoms with Gasteiger partial charge in [0.25, 0.3) is 0 Å². The Kier molecular flexibility index (Phi) is 3.33. The van der Waals surface area contributed by atoms with Crippen molar-refractivity contribution in [3.05, 3.63) is 29.3 Å². The van der Waals surface area contributed by atoms with Crippen LogP contribution in [-0.2, 0) is 13.0 Å². The summed E-state index contributed by atoms with van der Waals surface area (Å²) in [4.78, 5) is 2.29. The minimum atomic E-state index is 0. The molecule has 0 atom stereocenters. The predicted molar refractivity (Wildman–Crippen MR) is 58.5 cm³/mol. The molecule has 72 valence electrons. The Balaban J connectivity index is 0.000000845. The zero-order chi connectivity index (χ0) is 8.55. The van der Waals surface area contributed by atoms with E-state index in [9.17, 15) is 5.11 Å². The molecule has 3 heteroatoms. The Bertz CT molecular complexity index is 301. The lowest BCUT2D eigenvalue weighted by Gasteiger charge is -2.24. The van der Waals surface area contributed by atoms with Crippen molar-refractivity contribution >= 4 is 17.0 Å². The number of phenols is 1. The Morgan fingerprint density at radius 1 is 1.31 bits per heavy atom. The zero-order valence-corrected chi connectivity index (χ0v) is 9.37. The molecule has 2 rings (SSSR count). The van der Waals surface area contributed by atoms with E-state index in [1.807, 2.05) is 12.1 Å². The van der Waals surface area contributed by atoms with Crippen LogP contribution in [-0.4, -0.2) is 23.6 Å². The number of phenolic OH excluding ortho intramolecular Hbond substituents is 1. The molecule has 2 nitrogen and oxygen atoms in total. The van der Waals surface area contributed by atoms with Gasteiger partial charge in [-0.3, -0.25) is 0 Å². The normalized spacial score (nSPS) is 16.1. The van der Waals surface area contributed by atoms with Crippen LogP contribution in [0.15, 0.2) is 18.2 Å². The van der Waals surface area contributed by atoms with Gasteiger partial charge in [-0.05, 0) is 36.7 Å². The minimum Gasteiger partial charge on any atom is -0.508 e. The fourth-order valence-corrected chi connectivity index (χ4v) is 1.68. The highest BCUT2D eigenvalue weighted by Gasteiger charge is 2.12. The summed E-state index contributed by atoms with van der Waals surface area (Å²) in [6.07, 6.45) is 1.06. The van der Waals surface area contributed by atoms with E-state index >= 15 is 0 Å². The van der Waals surface area contributed by atoms with Crippen LogP contribution >= 0.6 is 17.0 Å². The van der Waals surface area contributed by atoms with Crippen molar-refractivity contribution in [2.75, 3.05) is 13.6 Å². The first-order valence-corrected chi connectivity index (χ1v) is 4.25. The summed E-state index contributed by atoms with van der Waals surface area (Å²) in [5.74, 6) is 0.387. The molecular formula is C10H14BrNO. The van der Waals surface area contributed by atoms with Gasteiger partial charge in [-0.15, -0.1) is 17.0 Å². The van der Waals surface area contributed by atoms with E-state index < -0.39 is 0 Å². The van der Waals surface area contributed by atoms with Crippen molar-refractivity contribution in [1.29, 1.82) is 0 Å². The molecule has 1 heterocycles. The van der Waals surface area contributed by atoms with E-state index in [4.69, 9.17) is 0 Å². The fourth-order valence-electron chi connectivity index (χ4n) is 1.68. The Hall–Kier alpha value is -0.540. The SMILES string of the molecule is Br.CN1CCc2cc(O)ccc2C1. The van der Waals surface area contributed by atoms with Gasteiger partial charge in [0.15, 0.2) is 0 Å². The molecule has 0 saturated heterocycles. The number of likely N-dealkylation sites (N-methyl/N-ethyl adjacent to an activating group) is 1. The van der Waals surface area contributed by atoms with Gasteiger partial charge in [0, 0.05) is 13.1 Å². The van der Waals surface area contributed by atoms with Gasteiger partial charge in [0.1, 0.15) is 5.75 Å². The average Bonchev–Trinajstić information content (AvgIpc) is 2.05. The summed E-state index contributed by atoms with van der Waals surface area (Å²) in [7, 11) is 2.12. The van der Waals surface area contributed by atoms with Crippen molar-refractivity contribution in [3.63, 3.8) is 0 Å². The summed E-state index contributed by atoms with van der Waals surface area (Å²) >= 11 is 0. The summed E-state index contributed by atoms with van der Waals surface area (Å²) < 4.78 is 0. The zero-order valence-electron chi connectivity index (χ0n) is 7.66. The van der Waals surface area contributed by atoms with Crippen molar-refractivity contribution in [2.24, 2.45) is 0 Å². The summed E-state index contributed by atoms with van der Waals surface area (Å²) in [5, 5.41) is 9.24. The third kappa shape index (κ3) is 2.23.